The monoisotopic (exact) mass is 221 g/mol. The molecule has 1 aromatic rings. The highest BCUT2D eigenvalue weighted by atomic mass is 16.3. The molecule has 1 aromatic heterocycles. The molecule has 0 spiro atoms. The highest BCUT2D eigenvalue weighted by molar-refractivity contribution is 4.98. The Kier molecular flexibility index (Phi) is 4.46. The van der Waals surface area contributed by atoms with E-state index >= 15 is 0 Å². The molecule has 2 N–H and O–H groups in total. The van der Waals surface area contributed by atoms with E-state index in [-0.39, 0.29) is 0 Å². The van der Waals surface area contributed by atoms with Crippen LogP contribution in [0.4, 0.5) is 0 Å². The van der Waals surface area contributed by atoms with Crippen LogP contribution in [0.5, 0.6) is 0 Å². The lowest BCUT2D eigenvalue weighted by molar-refractivity contribution is 0.351. The van der Waals surface area contributed by atoms with Crippen molar-refractivity contribution in [2.24, 2.45) is 11.7 Å². The summed E-state index contributed by atoms with van der Waals surface area (Å²) in [4.78, 5) is 0. The largest absolute Gasteiger partial charge is 0.469 e. The van der Waals surface area contributed by atoms with Crippen LogP contribution in [0.1, 0.15) is 50.7 Å². The van der Waals surface area contributed by atoms with E-state index in [1.807, 2.05) is 12.1 Å². The van der Waals surface area contributed by atoms with Gasteiger partial charge in [0.15, 0.2) is 0 Å². The number of aryl methyl sites for hydroxylation is 1. The predicted octanol–water partition coefficient (Wildman–Crippen LogP) is 3.51. The second-order valence-corrected chi connectivity index (χ2v) is 5.03. The van der Waals surface area contributed by atoms with E-state index < -0.39 is 0 Å². The van der Waals surface area contributed by atoms with Gasteiger partial charge in [0.25, 0.3) is 0 Å². The number of hydrogen-bond donors (Lipinski definition) is 1. The molecule has 1 saturated carbocycles. The third-order valence-electron chi connectivity index (χ3n) is 3.81. The predicted molar refractivity (Wildman–Crippen MR) is 66.2 cm³/mol. The molecule has 0 bridgehead atoms. The summed E-state index contributed by atoms with van der Waals surface area (Å²) in [7, 11) is 0. The van der Waals surface area contributed by atoms with E-state index in [1.165, 1.54) is 38.5 Å². The van der Waals surface area contributed by atoms with Gasteiger partial charge in [0, 0.05) is 12.5 Å². The summed E-state index contributed by atoms with van der Waals surface area (Å²) >= 11 is 0. The first-order valence-corrected chi connectivity index (χ1v) is 6.64. The molecule has 2 rings (SSSR count). The van der Waals surface area contributed by atoms with Crippen molar-refractivity contribution >= 4 is 0 Å². The molecule has 16 heavy (non-hydrogen) atoms. The Balaban J connectivity index is 1.75. The molecular weight excluding hydrogens is 198 g/mol. The molecule has 1 unspecified atom stereocenters. The van der Waals surface area contributed by atoms with Crippen molar-refractivity contribution in [2.75, 3.05) is 0 Å². The smallest absolute Gasteiger partial charge is 0.103 e. The Labute approximate surface area is 98.2 Å². The van der Waals surface area contributed by atoms with E-state index in [1.54, 1.807) is 6.26 Å². The minimum absolute atomic E-state index is 0.364. The summed E-state index contributed by atoms with van der Waals surface area (Å²) in [5, 5.41) is 0. The molecule has 2 nitrogen and oxygen atoms in total. The Morgan fingerprint density at radius 3 is 2.62 bits per heavy atom. The highest BCUT2D eigenvalue weighted by Crippen LogP contribution is 2.26. The minimum Gasteiger partial charge on any atom is -0.469 e. The molecule has 0 amide bonds. The number of furan rings is 1. The Bertz CT molecular complexity index is 273. The van der Waals surface area contributed by atoms with Crippen molar-refractivity contribution in [1.82, 2.24) is 0 Å². The van der Waals surface area contributed by atoms with E-state index in [9.17, 15) is 0 Å². The maximum Gasteiger partial charge on any atom is 0.103 e. The van der Waals surface area contributed by atoms with Crippen molar-refractivity contribution in [2.45, 2.75) is 57.4 Å². The summed E-state index contributed by atoms with van der Waals surface area (Å²) in [6, 6.07) is 4.36. The second-order valence-electron chi connectivity index (χ2n) is 5.03. The van der Waals surface area contributed by atoms with E-state index in [0.717, 1.165) is 24.5 Å². The van der Waals surface area contributed by atoms with Gasteiger partial charge in [0.05, 0.1) is 6.26 Å². The van der Waals surface area contributed by atoms with Crippen LogP contribution in [-0.4, -0.2) is 6.04 Å². The van der Waals surface area contributed by atoms with Crippen molar-refractivity contribution in [3.63, 3.8) is 0 Å². The topological polar surface area (TPSA) is 39.2 Å². The van der Waals surface area contributed by atoms with Crippen LogP contribution in [0.25, 0.3) is 0 Å². The zero-order valence-electron chi connectivity index (χ0n) is 10.0. The van der Waals surface area contributed by atoms with Gasteiger partial charge in [-0.05, 0) is 37.3 Å². The molecule has 0 aliphatic heterocycles. The Hall–Kier alpha value is -0.760. The van der Waals surface area contributed by atoms with Gasteiger partial charge in [-0.3, -0.25) is 0 Å². The fraction of sp³-hybridized carbons (Fsp3) is 0.714. The van der Waals surface area contributed by atoms with Gasteiger partial charge in [-0.15, -0.1) is 0 Å². The zero-order valence-corrected chi connectivity index (χ0v) is 10.0. The van der Waals surface area contributed by atoms with Crippen molar-refractivity contribution in [1.29, 1.82) is 0 Å². The highest BCUT2D eigenvalue weighted by Gasteiger charge is 2.19. The molecule has 0 saturated heterocycles. The molecular formula is C14H23NO. The fourth-order valence-corrected chi connectivity index (χ4v) is 2.74. The van der Waals surface area contributed by atoms with Gasteiger partial charge in [-0.1, -0.05) is 25.7 Å². The molecule has 0 radical (unpaired) electrons. The van der Waals surface area contributed by atoms with Crippen LogP contribution >= 0.6 is 0 Å². The molecule has 90 valence electrons. The first-order chi connectivity index (χ1) is 7.86. The minimum atomic E-state index is 0.364. The number of rotatable bonds is 4. The quantitative estimate of drug-likeness (QED) is 0.790. The number of hydrogen-bond acceptors (Lipinski definition) is 2. The van der Waals surface area contributed by atoms with Gasteiger partial charge in [-0.2, -0.15) is 0 Å². The van der Waals surface area contributed by atoms with Gasteiger partial charge in [0.2, 0.25) is 0 Å². The van der Waals surface area contributed by atoms with E-state index in [0.29, 0.717) is 6.04 Å². The van der Waals surface area contributed by atoms with Crippen LogP contribution in [0, 0.1) is 5.92 Å². The zero-order chi connectivity index (χ0) is 11.2. The van der Waals surface area contributed by atoms with Crippen LogP contribution in [0.3, 0.4) is 0 Å². The standard InChI is InChI=1S/C14H23NO/c15-14(10-9-13-8-5-11-16-13)12-6-3-1-2-4-7-12/h5,8,11-12,14H,1-4,6-7,9-10,15H2. The van der Waals surface area contributed by atoms with Crippen LogP contribution < -0.4 is 5.73 Å². The fourth-order valence-electron chi connectivity index (χ4n) is 2.74. The van der Waals surface area contributed by atoms with Gasteiger partial charge >= 0.3 is 0 Å². The first-order valence-electron chi connectivity index (χ1n) is 6.64. The summed E-state index contributed by atoms with van der Waals surface area (Å²) in [5.74, 6) is 1.82. The lowest BCUT2D eigenvalue weighted by Crippen LogP contribution is -2.30. The van der Waals surface area contributed by atoms with Crippen molar-refractivity contribution < 1.29 is 4.42 Å². The third-order valence-corrected chi connectivity index (χ3v) is 3.81. The molecule has 1 heterocycles. The van der Waals surface area contributed by atoms with Crippen LogP contribution in [0.2, 0.25) is 0 Å². The SMILES string of the molecule is NC(CCc1ccco1)C1CCCCCC1. The van der Waals surface area contributed by atoms with Gasteiger partial charge < -0.3 is 10.2 Å². The number of nitrogens with two attached hydrogens (primary N) is 1. The summed E-state index contributed by atoms with van der Waals surface area (Å²) in [6.07, 6.45) is 12.0. The molecule has 1 aliphatic carbocycles. The average molecular weight is 221 g/mol. The van der Waals surface area contributed by atoms with Crippen LogP contribution in [0.15, 0.2) is 22.8 Å². The van der Waals surface area contributed by atoms with Crippen molar-refractivity contribution in [3.05, 3.63) is 24.2 Å². The van der Waals surface area contributed by atoms with Gasteiger partial charge in [0.1, 0.15) is 5.76 Å². The normalized spacial score (nSPS) is 20.6. The van der Waals surface area contributed by atoms with E-state index in [4.69, 9.17) is 10.2 Å². The van der Waals surface area contributed by atoms with Crippen LogP contribution in [-0.2, 0) is 6.42 Å². The van der Waals surface area contributed by atoms with Crippen molar-refractivity contribution in [3.8, 4) is 0 Å². The molecule has 1 aliphatic rings. The summed E-state index contributed by atoms with van der Waals surface area (Å²) < 4.78 is 5.34. The molecule has 1 fully saturated rings. The first kappa shape index (κ1) is 11.7. The summed E-state index contributed by atoms with van der Waals surface area (Å²) in [5.41, 5.74) is 6.29. The lowest BCUT2D eigenvalue weighted by Gasteiger charge is -2.21. The molecule has 0 aromatic carbocycles. The maximum atomic E-state index is 6.29. The lowest BCUT2D eigenvalue weighted by atomic mass is 9.89. The maximum absolute atomic E-state index is 6.29. The van der Waals surface area contributed by atoms with Gasteiger partial charge in [-0.25, -0.2) is 0 Å². The summed E-state index contributed by atoms with van der Waals surface area (Å²) in [6.45, 7) is 0. The average Bonchev–Trinajstić information content (AvgIpc) is 2.66. The second kappa shape index (κ2) is 6.09. The Morgan fingerprint density at radius 1 is 1.25 bits per heavy atom. The molecule has 1 atom stereocenters. The Morgan fingerprint density at radius 2 is 2.00 bits per heavy atom. The van der Waals surface area contributed by atoms with E-state index in [2.05, 4.69) is 0 Å². The molecule has 2 heteroatoms. The third kappa shape index (κ3) is 3.38.